The first-order valence-electron chi connectivity index (χ1n) is 5.73. The molecule has 0 unspecified atom stereocenters. The Labute approximate surface area is 110 Å². The van der Waals surface area contributed by atoms with Crippen LogP contribution in [0.3, 0.4) is 0 Å². The van der Waals surface area contributed by atoms with E-state index in [0.717, 1.165) is 12.1 Å². The van der Waals surface area contributed by atoms with Gasteiger partial charge in [0.05, 0.1) is 4.90 Å². The molecule has 0 atom stereocenters. The highest BCUT2D eigenvalue weighted by molar-refractivity contribution is 7.99. The van der Waals surface area contributed by atoms with Crippen LogP contribution in [0.1, 0.15) is 12.5 Å². The van der Waals surface area contributed by atoms with Crippen molar-refractivity contribution in [1.29, 1.82) is 0 Å². The molecule has 18 heavy (non-hydrogen) atoms. The molecule has 0 amide bonds. The summed E-state index contributed by atoms with van der Waals surface area (Å²) in [5.74, 6) is -0.233. The van der Waals surface area contributed by atoms with E-state index in [1.165, 1.54) is 11.8 Å². The average Bonchev–Trinajstić information content (AvgIpc) is 2.40. The molecule has 0 aliphatic carbocycles. The van der Waals surface area contributed by atoms with Gasteiger partial charge in [-0.2, -0.15) is 0 Å². The quantitative estimate of drug-likeness (QED) is 0.842. The van der Waals surface area contributed by atoms with Gasteiger partial charge in [0.25, 0.3) is 0 Å². The molecule has 0 aliphatic heterocycles. The summed E-state index contributed by atoms with van der Waals surface area (Å²) >= 11 is 1.23. The molecule has 5 heteroatoms. The van der Waals surface area contributed by atoms with E-state index in [4.69, 9.17) is 0 Å². The van der Waals surface area contributed by atoms with Gasteiger partial charge in [0.15, 0.2) is 5.16 Å². The molecule has 1 heterocycles. The average molecular weight is 263 g/mol. The van der Waals surface area contributed by atoms with Gasteiger partial charge in [-0.25, -0.2) is 14.4 Å². The van der Waals surface area contributed by atoms with Crippen LogP contribution in [-0.2, 0) is 6.54 Å². The minimum absolute atomic E-state index is 0.233. The molecule has 1 aromatic heterocycles. The number of rotatable bonds is 5. The van der Waals surface area contributed by atoms with E-state index < -0.39 is 0 Å². The molecule has 0 radical (unpaired) electrons. The van der Waals surface area contributed by atoms with Gasteiger partial charge in [0, 0.05) is 18.9 Å². The topological polar surface area (TPSA) is 37.8 Å². The molecule has 94 valence electrons. The lowest BCUT2D eigenvalue weighted by Gasteiger charge is -2.05. The normalized spacial score (nSPS) is 10.6. The second-order valence-electron chi connectivity index (χ2n) is 3.68. The van der Waals surface area contributed by atoms with E-state index in [9.17, 15) is 4.39 Å². The zero-order chi connectivity index (χ0) is 12.8. The highest BCUT2D eigenvalue weighted by Gasteiger charge is 2.06. The second-order valence-corrected chi connectivity index (χ2v) is 4.69. The van der Waals surface area contributed by atoms with E-state index >= 15 is 0 Å². The van der Waals surface area contributed by atoms with Crippen LogP contribution >= 0.6 is 11.8 Å². The van der Waals surface area contributed by atoms with Gasteiger partial charge in [0.1, 0.15) is 5.82 Å². The van der Waals surface area contributed by atoms with Gasteiger partial charge in [-0.3, -0.25) is 0 Å². The SMILES string of the molecule is CCNCc1ccc(Sc2ncccn2)c(F)c1. The molecule has 3 nitrogen and oxygen atoms in total. The van der Waals surface area contributed by atoms with Crippen molar-refractivity contribution in [2.75, 3.05) is 6.54 Å². The Morgan fingerprint density at radius 3 is 2.72 bits per heavy atom. The summed E-state index contributed by atoms with van der Waals surface area (Å²) in [7, 11) is 0. The third-order valence-electron chi connectivity index (χ3n) is 2.32. The van der Waals surface area contributed by atoms with E-state index in [1.807, 2.05) is 13.0 Å². The second kappa shape index (κ2) is 6.47. The van der Waals surface area contributed by atoms with Gasteiger partial charge in [-0.05, 0) is 42.1 Å². The number of benzene rings is 1. The zero-order valence-electron chi connectivity index (χ0n) is 10.1. The van der Waals surface area contributed by atoms with Crippen molar-refractivity contribution >= 4 is 11.8 Å². The van der Waals surface area contributed by atoms with Crippen molar-refractivity contribution in [2.45, 2.75) is 23.5 Å². The minimum atomic E-state index is -0.233. The molecular weight excluding hydrogens is 249 g/mol. The number of halogens is 1. The predicted molar refractivity (Wildman–Crippen MR) is 69.9 cm³/mol. The summed E-state index contributed by atoms with van der Waals surface area (Å²) in [5, 5.41) is 3.71. The largest absolute Gasteiger partial charge is 0.313 e. The van der Waals surface area contributed by atoms with Crippen LogP contribution in [0.25, 0.3) is 0 Å². The fourth-order valence-corrected chi connectivity index (χ4v) is 2.16. The lowest BCUT2D eigenvalue weighted by Crippen LogP contribution is -2.11. The fourth-order valence-electron chi connectivity index (χ4n) is 1.44. The Morgan fingerprint density at radius 1 is 1.28 bits per heavy atom. The number of nitrogens with zero attached hydrogens (tertiary/aromatic N) is 2. The van der Waals surface area contributed by atoms with Crippen molar-refractivity contribution in [3.8, 4) is 0 Å². The molecule has 0 fully saturated rings. The van der Waals surface area contributed by atoms with Crippen LogP contribution in [-0.4, -0.2) is 16.5 Å². The van der Waals surface area contributed by atoms with E-state index in [-0.39, 0.29) is 5.82 Å². The van der Waals surface area contributed by atoms with Crippen molar-refractivity contribution in [1.82, 2.24) is 15.3 Å². The van der Waals surface area contributed by atoms with Crippen LogP contribution in [0.15, 0.2) is 46.7 Å². The molecule has 0 saturated carbocycles. The molecule has 2 aromatic rings. The van der Waals surface area contributed by atoms with E-state index in [0.29, 0.717) is 16.6 Å². The van der Waals surface area contributed by atoms with Crippen molar-refractivity contribution in [3.05, 3.63) is 48.0 Å². The maximum absolute atomic E-state index is 13.9. The number of nitrogens with one attached hydrogen (secondary N) is 1. The lowest BCUT2D eigenvalue weighted by molar-refractivity contribution is 0.596. The van der Waals surface area contributed by atoms with E-state index in [1.54, 1.807) is 30.6 Å². The summed E-state index contributed by atoms with van der Waals surface area (Å²) in [4.78, 5) is 8.66. The summed E-state index contributed by atoms with van der Waals surface area (Å²) in [6, 6.07) is 6.97. The summed E-state index contributed by atoms with van der Waals surface area (Å²) in [5.41, 5.74) is 0.938. The van der Waals surface area contributed by atoms with Gasteiger partial charge in [-0.15, -0.1) is 0 Å². The highest BCUT2D eigenvalue weighted by atomic mass is 32.2. The van der Waals surface area contributed by atoms with Crippen molar-refractivity contribution in [3.63, 3.8) is 0 Å². The Morgan fingerprint density at radius 2 is 2.06 bits per heavy atom. The van der Waals surface area contributed by atoms with Gasteiger partial charge < -0.3 is 5.32 Å². The first-order valence-corrected chi connectivity index (χ1v) is 6.55. The van der Waals surface area contributed by atoms with Crippen LogP contribution in [0.2, 0.25) is 0 Å². The van der Waals surface area contributed by atoms with Crippen molar-refractivity contribution < 1.29 is 4.39 Å². The van der Waals surface area contributed by atoms with Gasteiger partial charge in [-0.1, -0.05) is 13.0 Å². The van der Waals surface area contributed by atoms with Crippen LogP contribution in [0.5, 0.6) is 0 Å². The molecule has 1 N–H and O–H groups in total. The number of hydrogen-bond acceptors (Lipinski definition) is 4. The summed E-state index contributed by atoms with van der Waals surface area (Å²) in [6.07, 6.45) is 3.29. The maximum atomic E-state index is 13.9. The summed E-state index contributed by atoms with van der Waals surface area (Å²) in [6.45, 7) is 3.57. The van der Waals surface area contributed by atoms with E-state index in [2.05, 4.69) is 15.3 Å². The molecule has 0 spiro atoms. The van der Waals surface area contributed by atoms with Crippen LogP contribution < -0.4 is 5.32 Å². The first kappa shape index (κ1) is 13.0. The Bertz CT molecular complexity index is 505. The summed E-state index contributed by atoms with van der Waals surface area (Å²) < 4.78 is 13.9. The fraction of sp³-hybridized carbons (Fsp3) is 0.231. The minimum Gasteiger partial charge on any atom is -0.313 e. The van der Waals surface area contributed by atoms with Crippen molar-refractivity contribution in [2.24, 2.45) is 0 Å². The highest BCUT2D eigenvalue weighted by Crippen LogP contribution is 2.27. The Balaban J connectivity index is 2.10. The molecule has 0 bridgehead atoms. The Hall–Kier alpha value is -1.46. The molecule has 0 saturated heterocycles. The third kappa shape index (κ3) is 3.51. The van der Waals surface area contributed by atoms with Gasteiger partial charge in [0.2, 0.25) is 0 Å². The maximum Gasteiger partial charge on any atom is 0.192 e. The molecule has 2 rings (SSSR count). The van der Waals surface area contributed by atoms with Gasteiger partial charge >= 0.3 is 0 Å². The standard InChI is InChI=1S/C13H14FN3S/c1-2-15-9-10-4-5-12(11(14)8-10)18-13-16-6-3-7-17-13/h3-8,15H,2,9H2,1H3. The molecule has 1 aromatic carbocycles. The smallest absolute Gasteiger partial charge is 0.192 e. The predicted octanol–water partition coefficient (Wildman–Crippen LogP) is 2.88. The Kier molecular flexibility index (Phi) is 4.66. The lowest BCUT2D eigenvalue weighted by atomic mass is 10.2. The third-order valence-corrected chi connectivity index (χ3v) is 3.26. The molecular formula is C13H14FN3S. The molecule has 0 aliphatic rings. The first-order chi connectivity index (χ1) is 8.79. The van der Waals surface area contributed by atoms with Crippen LogP contribution in [0, 0.1) is 5.82 Å². The number of hydrogen-bond donors (Lipinski definition) is 1. The zero-order valence-corrected chi connectivity index (χ0v) is 10.9. The monoisotopic (exact) mass is 263 g/mol. The number of aromatic nitrogens is 2. The van der Waals surface area contributed by atoms with Crippen LogP contribution in [0.4, 0.5) is 4.39 Å².